The average molecular weight is 235 g/mol. The van der Waals surface area contributed by atoms with Crippen LogP contribution < -0.4 is 4.72 Å². The van der Waals surface area contributed by atoms with Crippen LogP contribution in [0.25, 0.3) is 0 Å². The van der Waals surface area contributed by atoms with Crippen molar-refractivity contribution in [2.75, 3.05) is 19.0 Å². The molecule has 0 aromatic heterocycles. The summed E-state index contributed by atoms with van der Waals surface area (Å²) in [6.45, 7) is 0.296. The molecule has 0 spiro atoms. The molecule has 2 aliphatic rings. The Kier molecular flexibility index (Phi) is 3.30. The average Bonchev–Trinajstić information content (AvgIpc) is 2.88. The number of nitrogens with one attached hydrogen (secondary N) is 1. The largest absolute Gasteiger partial charge is 0.395 e. The zero-order valence-corrected chi connectivity index (χ0v) is 9.37. The molecule has 1 aliphatic heterocycles. The lowest BCUT2D eigenvalue weighted by molar-refractivity contribution is 0.0847. The van der Waals surface area contributed by atoms with E-state index in [1.807, 2.05) is 0 Å². The number of sulfonamides is 1. The molecule has 0 bridgehead atoms. The fraction of sp³-hybridized carbons (Fsp3) is 1.00. The van der Waals surface area contributed by atoms with E-state index in [1.165, 1.54) is 0 Å². The van der Waals surface area contributed by atoms with Gasteiger partial charge in [0.05, 0.1) is 24.5 Å². The summed E-state index contributed by atoms with van der Waals surface area (Å²) < 4.78 is 31.0. The van der Waals surface area contributed by atoms with Crippen LogP contribution in [0, 0.1) is 5.92 Å². The van der Waals surface area contributed by atoms with Gasteiger partial charge in [0, 0.05) is 6.61 Å². The maximum atomic E-state index is 11.4. The molecule has 88 valence electrons. The van der Waals surface area contributed by atoms with Crippen LogP contribution in [-0.2, 0) is 14.8 Å². The second-order valence-corrected chi connectivity index (χ2v) is 6.10. The SMILES string of the molecule is O=S(=O)(CCO)NC1CCOC1C1CC1. The van der Waals surface area contributed by atoms with Gasteiger partial charge in [0.25, 0.3) is 0 Å². The van der Waals surface area contributed by atoms with Gasteiger partial charge in [0.2, 0.25) is 10.0 Å². The molecular weight excluding hydrogens is 218 g/mol. The number of ether oxygens (including phenoxy) is 1. The van der Waals surface area contributed by atoms with Crippen molar-refractivity contribution in [2.45, 2.75) is 31.4 Å². The van der Waals surface area contributed by atoms with Gasteiger partial charge >= 0.3 is 0 Å². The molecule has 2 N–H and O–H groups in total. The maximum absolute atomic E-state index is 11.4. The summed E-state index contributed by atoms with van der Waals surface area (Å²) in [5.74, 6) is 0.315. The van der Waals surface area contributed by atoms with Gasteiger partial charge in [-0.05, 0) is 25.2 Å². The quantitative estimate of drug-likeness (QED) is 0.671. The minimum Gasteiger partial charge on any atom is -0.395 e. The predicted molar refractivity (Wildman–Crippen MR) is 54.9 cm³/mol. The standard InChI is InChI=1S/C9H17NO4S/c11-4-6-15(12,13)10-8-3-5-14-9(8)7-1-2-7/h7-11H,1-6H2. The summed E-state index contributed by atoms with van der Waals surface area (Å²) in [5.41, 5.74) is 0. The topological polar surface area (TPSA) is 75.6 Å². The summed E-state index contributed by atoms with van der Waals surface area (Å²) in [7, 11) is -3.33. The van der Waals surface area contributed by atoms with Crippen molar-refractivity contribution in [3.05, 3.63) is 0 Å². The van der Waals surface area contributed by atoms with Crippen LogP contribution in [0.1, 0.15) is 19.3 Å². The van der Waals surface area contributed by atoms with Crippen molar-refractivity contribution in [2.24, 2.45) is 5.92 Å². The molecule has 0 amide bonds. The molecule has 6 heteroatoms. The zero-order chi connectivity index (χ0) is 10.9. The Morgan fingerprint density at radius 3 is 2.67 bits per heavy atom. The molecule has 2 fully saturated rings. The van der Waals surface area contributed by atoms with E-state index in [0.717, 1.165) is 19.3 Å². The molecular formula is C9H17NO4S. The predicted octanol–water partition coefficient (Wildman–Crippen LogP) is -0.534. The second-order valence-electron chi connectivity index (χ2n) is 4.23. The molecule has 0 aromatic carbocycles. The van der Waals surface area contributed by atoms with Crippen LogP contribution in [0.4, 0.5) is 0 Å². The fourth-order valence-corrected chi connectivity index (χ4v) is 3.11. The monoisotopic (exact) mass is 235 g/mol. The molecule has 2 atom stereocenters. The third kappa shape index (κ3) is 2.90. The maximum Gasteiger partial charge on any atom is 0.214 e. The fourth-order valence-electron chi connectivity index (χ4n) is 2.04. The van der Waals surface area contributed by atoms with Crippen molar-refractivity contribution >= 4 is 10.0 Å². The van der Waals surface area contributed by atoms with Gasteiger partial charge in [0.15, 0.2) is 0 Å². The van der Waals surface area contributed by atoms with Gasteiger partial charge < -0.3 is 9.84 Å². The van der Waals surface area contributed by atoms with Crippen molar-refractivity contribution in [1.29, 1.82) is 0 Å². The first kappa shape index (κ1) is 11.3. The Labute approximate surface area is 89.9 Å². The highest BCUT2D eigenvalue weighted by Crippen LogP contribution is 2.38. The van der Waals surface area contributed by atoms with E-state index < -0.39 is 10.0 Å². The molecule has 2 rings (SSSR count). The Hall–Kier alpha value is -0.170. The lowest BCUT2D eigenvalue weighted by atomic mass is 10.1. The summed E-state index contributed by atoms with van der Waals surface area (Å²) in [4.78, 5) is 0. The van der Waals surface area contributed by atoms with Crippen molar-refractivity contribution in [3.63, 3.8) is 0 Å². The second kappa shape index (κ2) is 4.37. The number of hydrogen-bond donors (Lipinski definition) is 2. The molecule has 5 nitrogen and oxygen atoms in total. The van der Waals surface area contributed by atoms with Gasteiger partial charge in [-0.3, -0.25) is 0 Å². The van der Waals surface area contributed by atoms with E-state index in [4.69, 9.17) is 9.84 Å². The lowest BCUT2D eigenvalue weighted by Gasteiger charge is -2.18. The van der Waals surface area contributed by atoms with Crippen LogP contribution in [0.15, 0.2) is 0 Å². The molecule has 0 radical (unpaired) electrons. The third-order valence-corrected chi connectivity index (χ3v) is 4.30. The highest BCUT2D eigenvalue weighted by atomic mass is 32.2. The molecule has 2 unspecified atom stereocenters. The van der Waals surface area contributed by atoms with E-state index in [0.29, 0.717) is 12.5 Å². The smallest absolute Gasteiger partial charge is 0.214 e. The summed E-state index contributed by atoms with van der Waals surface area (Å²) in [6, 6.07) is -0.0888. The first-order chi connectivity index (χ1) is 7.12. The van der Waals surface area contributed by atoms with Gasteiger partial charge in [0.1, 0.15) is 0 Å². The number of aliphatic hydroxyl groups is 1. The van der Waals surface area contributed by atoms with E-state index in [-0.39, 0.29) is 24.5 Å². The summed E-state index contributed by atoms with van der Waals surface area (Å²) in [5, 5.41) is 8.61. The summed E-state index contributed by atoms with van der Waals surface area (Å²) in [6.07, 6.45) is 3.08. The first-order valence-corrected chi connectivity index (χ1v) is 7.00. The van der Waals surface area contributed by atoms with Crippen molar-refractivity contribution in [3.8, 4) is 0 Å². The molecule has 0 aromatic rings. The van der Waals surface area contributed by atoms with Crippen molar-refractivity contribution in [1.82, 2.24) is 4.72 Å². The normalized spacial score (nSPS) is 32.1. The van der Waals surface area contributed by atoms with E-state index >= 15 is 0 Å². The molecule has 1 aliphatic carbocycles. The molecule has 15 heavy (non-hydrogen) atoms. The van der Waals surface area contributed by atoms with Crippen molar-refractivity contribution < 1.29 is 18.3 Å². The van der Waals surface area contributed by atoms with Crippen LogP contribution in [0.2, 0.25) is 0 Å². The van der Waals surface area contributed by atoms with Gasteiger partial charge in [-0.25, -0.2) is 13.1 Å². The number of rotatable bonds is 5. The van der Waals surface area contributed by atoms with Gasteiger partial charge in [-0.15, -0.1) is 0 Å². The molecule has 1 saturated heterocycles. The van der Waals surface area contributed by atoms with Crippen LogP contribution in [0.3, 0.4) is 0 Å². The highest BCUT2D eigenvalue weighted by Gasteiger charge is 2.41. The number of aliphatic hydroxyl groups excluding tert-OH is 1. The van der Waals surface area contributed by atoms with Gasteiger partial charge in [-0.1, -0.05) is 0 Å². The molecule has 1 heterocycles. The lowest BCUT2D eigenvalue weighted by Crippen LogP contribution is -2.42. The zero-order valence-electron chi connectivity index (χ0n) is 8.55. The molecule has 1 saturated carbocycles. The van der Waals surface area contributed by atoms with E-state index in [2.05, 4.69) is 4.72 Å². The minimum absolute atomic E-state index is 0.0541. The van der Waals surface area contributed by atoms with Crippen LogP contribution in [-0.4, -0.2) is 44.6 Å². The van der Waals surface area contributed by atoms with E-state index in [1.54, 1.807) is 0 Å². The van der Waals surface area contributed by atoms with Gasteiger partial charge in [-0.2, -0.15) is 0 Å². The summed E-state index contributed by atoms with van der Waals surface area (Å²) >= 11 is 0. The van der Waals surface area contributed by atoms with Crippen LogP contribution in [0.5, 0.6) is 0 Å². The van der Waals surface area contributed by atoms with E-state index in [9.17, 15) is 8.42 Å². The Morgan fingerprint density at radius 2 is 2.07 bits per heavy atom. The highest BCUT2D eigenvalue weighted by molar-refractivity contribution is 7.89. The minimum atomic E-state index is -3.33. The third-order valence-electron chi connectivity index (χ3n) is 2.91. The van der Waals surface area contributed by atoms with Crippen LogP contribution >= 0.6 is 0 Å². The Balaban J connectivity index is 1.92. The first-order valence-electron chi connectivity index (χ1n) is 5.35. The Bertz CT molecular complexity index is 312. The number of hydrogen-bond acceptors (Lipinski definition) is 4. The Morgan fingerprint density at radius 1 is 1.33 bits per heavy atom.